The van der Waals surface area contributed by atoms with Gasteiger partial charge in [0.05, 0.1) is 22.9 Å². The van der Waals surface area contributed by atoms with Crippen molar-refractivity contribution in [3.63, 3.8) is 0 Å². The number of hydrogen-bond donors (Lipinski definition) is 2. The number of likely N-dealkylation sites (N-methyl/N-ethyl adjacent to an activating group) is 1. The molecule has 1 aromatic heterocycles. The Morgan fingerprint density at radius 3 is 2.67 bits per heavy atom. The summed E-state index contributed by atoms with van der Waals surface area (Å²) in [6, 6.07) is 4.28. The molecule has 2 rings (SSSR count). The lowest BCUT2D eigenvalue weighted by Crippen LogP contribution is -2.51. The van der Waals surface area contributed by atoms with Crippen molar-refractivity contribution in [2.24, 2.45) is 5.73 Å². The van der Waals surface area contributed by atoms with Gasteiger partial charge in [0.1, 0.15) is 0 Å². The number of nitrogens with two attached hydrogens (primary N) is 1. The Labute approximate surface area is 125 Å². The Hall–Kier alpha value is -1.88. The number of hydrogen-bond acceptors (Lipinski definition) is 3. The second-order valence-corrected chi connectivity index (χ2v) is 5.91. The topological polar surface area (TPSA) is 72.9 Å². The van der Waals surface area contributed by atoms with Crippen LogP contribution >= 0.6 is 0 Å². The van der Waals surface area contributed by atoms with Crippen molar-refractivity contribution >= 4 is 16.9 Å². The summed E-state index contributed by atoms with van der Waals surface area (Å²) < 4.78 is 2.14. The number of fused-ring (bicyclic) bond motifs is 1. The van der Waals surface area contributed by atoms with Crippen molar-refractivity contribution in [3.8, 4) is 0 Å². The van der Waals surface area contributed by atoms with E-state index in [2.05, 4.69) is 40.8 Å². The van der Waals surface area contributed by atoms with Gasteiger partial charge in [0.15, 0.2) is 0 Å². The maximum absolute atomic E-state index is 11.5. The second kappa shape index (κ2) is 5.85. The van der Waals surface area contributed by atoms with Gasteiger partial charge >= 0.3 is 0 Å². The third-order valence-corrected chi connectivity index (χ3v) is 4.41. The first-order chi connectivity index (χ1) is 9.87. The molecule has 0 bridgehead atoms. The molecule has 0 saturated carbocycles. The zero-order valence-electron chi connectivity index (χ0n) is 13.2. The Morgan fingerprint density at radius 1 is 1.38 bits per heavy atom. The highest BCUT2D eigenvalue weighted by Crippen LogP contribution is 2.20. The van der Waals surface area contributed by atoms with Crippen molar-refractivity contribution in [2.75, 3.05) is 7.05 Å². The largest absolute Gasteiger partial charge is 0.368 e. The van der Waals surface area contributed by atoms with E-state index in [1.807, 2.05) is 13.3 Å². The number of nitrogens with zero attached hydrogens (tertiary/aromatic N) is 2. The highest BCUT2D eigenvalue weighted by Gasteiger charge is 2.28. The van der Waals surface area contributed by atoms with Gasteiger partial charge in [-0.3, -0.25) is 4.79 Å². The van der Waals surface area contributed by atoms with Crippen LogP contribution in [0.2, 0.25) is 0 Å². The number of imidazole rings is 1. The predicted molar refractivity (Wildman–Crippen MR) is 85.1 cm³/mol. The molecule has 1 unspecified atom stereocenters. The van der Waals surface area contributed by atoms with Crippen molar-refractivity contribution in [1.82, 2.24) is 14.9 Å². The first-order valence-electron chi connectivity index (χ1n) is 7.28. The summed E-state index contributed by atoms with van der Waals surface area (Å²) in [6.45, 7) is 6.87. The molecule has 21 heavy (non-hydrogen) atoms. The minimum Gasteiger partial charge on any atom is -0.368 e. The molecule has 0 aliphatic carbocycles. The average molecular weight is 288 g/mol. The van der Waals surface area contributed by atoms with Crippen molar-refractivity contribution in [3.05, 3.63) is 29.6 Å². The Balaban J connectivity index is 2.11. The zero-order valence-corrected chi connectivity index (χ0v) is 13.2. The highest BCUT2D eigenvalue weighted by atomic mass is 16.1. The normalized spacial score (nSPS) is 14.3. The van der Waals surface area contributed by atoms with Crippen molar-refractivity contribution in [1.29, 1.82) is 0 Å². The van der Waals surface area contributed by atoms with Gasteiger partial charge in [-0.1, -0.05) is 0 Å². The molecule has 0 saturated heterocycles. The van der Waals surface area contributed by atoms with E-state index in [1.54, 1.807) is 7.05 Å². The lowest BCUT2D eigenvalue weighted by Gasteiger charge is -2.25. The van der Waals surface area contributed by atoms with Crippen molar-refractivity contribution < 1.29 is 4.79 Å². The van der Waals surface area contributed by atoms with E-state index in [-0.39, 0.29) is 5.91 Å². The van der Waals surface area contributed by atoms with Crippen LogP contribution in [0.25, 0.3) is 11.0 Å². The van der Waals surface area contributed by atoms with E-state index in [1.165, 1.54) is 11.1 Å². The van der Waals surface area contributed by atoms with E-state index in [0.29, 0.717) is 6.42 Å². The second-order valence-electron chi connectivity index (χ2n) is 5.91. The van der Waals surface area contributed by atoms with Gasteiger partial charge in [-0.15, -0.1) is 0 Å². The third kappa shape index (κ3) is 3.08. The molecule has 3 N–H and O–H groups in total. The summed E-state index contributed by atoms with van der Waals surface area (Å²) in [5.74, 6) is -0.313. The summed E-state index contributed by atoms with van der Waals surface area (Å²) in [5, 5.41) is 3.01. The standard InChI is InChI=1S/C16H24N4O/c1-11-8-13-14(9-12(11)2)20(10-19-13)7-5-6-16(3,18-4)15(17)21/h8-10,18H,5-7H2,1-4H3,(H2,17,21). The van der Waals surface area contributed by atoms with Gasteiger partial charge in [-0.2, -0.15) is 0 Å². The fourth-order valence-corrected chi connectivity index (χ4v) is 2.47. The number of rotatable bonds is 6. The number of amides is 1. The molecule has 0 fully saturated rings. The van der Waals surface area contributed by atoms with Crippen LogP contribution < -0.4 is 11.1 Å². The molecule has 1 heterocycles. The number of carbonyl (C=O) groups excluding carboxylic acids is 1. The minimum atomic E-state index is -0.650. The molecule has 0 spiro atoms. The van der Waals surface area contributed by atoms with Crippen LogP contribution in [0.15, 0.2) is 18.5 Å². The molecule has 1 atom stereocenters. The summed E-state index contributed by atoms with van der Waals surface area (Å²) in [7, 11) is 1.77. The van der Waals surface area contributed by atoms with Crippen LogP contribution in [0.4, 0.5) is 0 Å². The summed E-state index contributed by atoms with van der Waals surface area (Å²) in [6.07, 6.45) is 3.42. The average Bonchev–Trinajstić information content (AvgIpc) is 2.81. The molecule has 5 heteroatoms. The van der Waals surface area contributed by atoms with Crippen molar-refractivity contribution in [2.45, 2.75) is 45.7 Å². The number of nitrogens with one attached hydrogen (secondary N) is 1. The van der Waals surface area contributed by atoms with Gasteiger partial charge < -0.3 is 15.6 Å². The Kier molecular flexibility index (Phi) is 4.32. The van der Waals surface area contributed by atoms with Crippen LogP contribution in [-0.4, -0.2) is 28.0 Å². The number of aryl methyl sites for hydroxylation is 3. The van der Waals surface area contributed by atoms with Crippen LogP contribution in [0, 0.1) is 13.8 Å². The zero-order chi connectivity index (χ0) is 15.6. The Bertz CT molecular complexity index is 662. The molecule has 0 radical (unpaired) electrons. The minimum absolute atomic E-state index is 0.313. The number of carbonyl (C=O) groups is 1. The quantitative estimate of drug-likeness (QED) is 0.852. The number of benzene rings is 1. The first kappa shape index (κ1) is 15.5. The fourth-order valence-electron chi connectivity index (χ4n) is 2.47. The molecule has 2 aromatic rings. The maximum atomic E-state index is 11.5. The number of aromatic nitrogens is 2. The van der Waals surface area contributed by atoms with E-state index in [9.17, 15) is 4.79 Å². The van der Waals surface area contributed by atoms with Gasteiger partial charge in [0, 0.05) is 6.54 Å². The molecule has 1 amide bonds. The molecule has 0 aliphatic heterocycles. The maximum Gasteiger partial charge on any atom is 0.237 e. The van der Waals surface area contributed by atoms with E-state index >= 15 is 0 Å². The van der Waals surface area contributed by atoms with Crippen LogP contribution in [0.5, 0.6) is 0 Å². The highest BCUT2D eigenvalue weighted by molar-refractivity contribution is 5.84. The van der Waals surface area contributed by atoms with Crippen LogP contribution in [-0.2, 0) is 11.3 Å². The lowest BCUT2D eigenvalue weighted by atomic mass is 9.95. The van der Waals surface area contributed by atoms with Gasteiger partial charge in [0.2, 0.25) is 5.91 Å². The molecular formula is C16H24N4O. The van der Waals surface area contributed by atoms with Gasteiger partial charge in [-0.05, 0) is 63.9 Å². The van der Waals surface area contributed by atoms with E-state index in [0.717, 1.165) is 24.0 Å². The third-order valence-electron chi connectivity index (χ3n) is 4.41. The fraction of sp³-hybridized carbons (Fsp3) is 0.500. The molecule has 114 valence electrons. The van der Waals surface area contributed by atoms with Gasteiger partial charge in [-0.25, -0.2) is 4.98 Å². The van der Waals surface area contributed by atoms with E-state index in [4.69, 9.17) is 5.73 Å². The number of primary amides is 1. The summed E-state index contributed by atoms with van der Waals surface area (Å²) in [4.78, 5) is 15.9. The van der Waals surface area contributed by atoms with Crippen LogP contribution in [0.1, 0.15) is 30.9 Å². The lowest BCUT2D eigenvalue weighted by molar-refractivity contribution is -0.123. The summed E-state index contributed by atoms with van der Waals surface area (Å²) in [5.41, 5.74) is 9.48. The summed E-state index contributed by atoms with van der Waals surface area (Å²) >= 11 is 0. The van der Waals surface area contributed by atoms with Gasteiger partial charge in [0.25, 0.3) is 0 Å². The monoisotopic (exact) mass is 288 g/mol. The van der Waals surface area contributed by atoms with Crippen LogP contribution in [0.3, 0.4) is 0 Å². The molecule has 0 aliphatic rings. The smallest absolute Gasteiger partial charge is 0.237 e. The molecule has 1 aromatic carbocycles. The van der Waals surface area contributed by atoms with E-state index < -0.39 is 5.54 Å². The molecule has 5 nitrogen and oxygen atoms in total. The SMILES string of the molecule is CNC(C)(CCCn1cnc2cc(C)c(C)cc21)C(N)=O. The predicted octanol–water partition coefficient (Wildman–Crippen LogP) is 1.90. The first-order valence-corrected chi connectivity index (χ1v) is 7.28. The molecular weight excluding hydrogens is 264 g/mol. The Morgan fingerprint density at radius 2 is 2.05 bits per heavy atom.